The molecule has 0 unspecified atom stereocenters. The molecule has 2 aromatic carbocycles. The fraction of sp³-hybridized carbons (Fsp3) is 0.541. The summed E-state index contributed by atoms with van der Waals surface area (Å²) in [5.74, 6) is -4.58. The van der Waals surface area contributed by atoms with Crippen molar-refractivity contribution >= 4 is 29.8 Å². The van der Waals surface area contributed by atoms with Gasteiger partial charge in [0, 0.05) is 33.6 Å². The van der Waals surface area contributed by atoms with Crippen LogP contribution in [0.15, 0.2) is 60.7 Å². The molecule has 10 atom stereocenters. The van der Waals surface area contributed by atoms with E-state index in [-0.39, 0.29) is 25.7 Å². The molecule has 0 radical (unpaired) electrons. The van der Waals surface area contributed by atoms with Gasteiger partial charge in [0.05, 0.1) is 39.1 Å². The summed E-state index contributed by atoms with van der Waals surface area (Å²) in [7, 11) is 1.10. The van der Waals surface area contributed by atoms with E-state index in [4.69, 9.17) is 42.6 Å². The Morgan fingerprint density at radius 1 is 0.647 bits per heavy atom. The van der Waals surface area contributed by atoms with Crippen LogP contribution in [-0.2, 0) is 79.8 Å². The van der Waals surface area contributed by atoms with Crippen LogP contribution in [0.3, 0.4) is 0 Å². The summed E-state index contributed by atoms with van der Waals surface area (Å²) in [6.07, 6.45) is -9.88. The molecule has 1 saturated carbocycles. The van der Waals surface area contributed by atoms with Gasteiger partial charge < -0.3 is 42.6 Å². The lowest BCUT2D eigenvalue weighted by Gasteiger charge is -2.49. The molecule has 0 amide bonds. The minimum atomic E-state index is -1.66. The zero-order valence-corrected chi connectivity index (χ0v) is 29.6. The first-order chi connectivity index (χ1) is 24.4. The van der Waals surface area contributed by atoms with Crippen LogP contribution in [0, 0.1) is 11.8 Å². The first-order valence-corrected chi connectivity index (χ1v) is 16.7. The van der Waals surface area contributed by atoms with Crippen molar-refractivity contribution in [1.29, 1.82) is 0 Å². The van der Waals surface area contributed by atoms with E-state index in [1.807, 2.05) is 67.6 Å². The van der Waals surface area contributed by atoms with Crippen molar-refractivity contribution in [2.24, 2.45) is 11.8 Å². The lowest BCUT2D eigenvalue weighted by atomic mass is 9.76. The standard InChI is InChI=1S/C37H46O14/c1-21-17-28(20-44-22(2)38)30(31(46-19-27-15-11-8-12-16-27)29(21)45-18-26-13-9-7-10-14-26)50-37-35(49-25(5)41)33(48-24(4)40)32(47-23(3)39)34(51-37)36(42)43-6/h7-16,21,28-35,37H,17-20H2,1-6H3/t21-,28-,29+,30-,31-,32+,33+,34+,35-,37-/m1/s1. The Bertz CT molecular complexity index is 1470. The highest BCUT2D eigenvalue weighted by Gasteiger charge is 2.57. The topological polar surface area (TPSA) is 168 Å². The number of rotatable bonds is 14. The highest BCUT2D eigenvalue weighted by molar-refractivity contribution is 5.77. The number of ether oxygens (including phenoxy) is 9. The number of carbonyl (C=O) groups is 5. The zero-order chi connectivity index (χ0) is 37.1. The average Bonchev–Trinajstić information content (AvgIpc) is 3.09. The molecule has 278 valence electrons. The van der Waals surface area contributed by atoms with Gasteiger partial charge in [-0.3, -0.25) is 19.2 Å². The molecule has 4 rings (SSSR count). The number of esters is 5. The minimum absolute atomic E-state index is 0.0736. The van der Waals surface area contributed by atoms with Gasteiger partial charge >= 0.3 is 29.8 Å². The highest BCUT2D eigenvalue weighted by Crippen LogP contribution is 2.40. The smallest absolute Gasteiger partial charge is 0.339 e. The van der Waals surface area contributed by atoms with Gasteiger partial charge in [0.1, 0.15) is 6.10 Å². The summed E-state index contributed by atoms with van der Waals surface area (Å²) in [5, 5.41) is 0. The van der Waals surface area contributed by atoms with Crippen molar-refractivity contribution in [3.63, 3.8) is 0 Å². The summed E-state index contributed by atoms with van der Waals surface area (Å²) in [5.41, 5.74) is 1.79. The van der Waals surface area contributed by atoms with Crippen molar-refractivity contribution in [2.45, 2.75) is 103 Å². The number of carbonyl (C=O) groups excluding carboxylic acids is 5. The van der Waals surface area contributed by atoms with E-state index in [9.17, 15) is 24.0 Å². The number of benzene rings is 2. The van der Waals surface area contributed by atoms with Crippen molar-refractivity contribution < 1.29 is 66.6 Å². The molecular weight excluding hydrogens is 668 g/mol. The largest absolute Gasteiger partial charge is 0.467 e. The highest BCUT2D eigenvalue weighted by atomic mass is 16.7. The first kappa shape index (κ1) is 39.4. The molecule has 1 saturated heterocycles. The number of methoxy groups -OCH3 is 1. The van der Waals surface area contributed by atoms with Gasteiger partial charge in [0.15, 0.2) is 30.7 Å². The molecule has 2 aromatic rings. The molecular formula is C37H46O14. The molecule has 0 aromatic heterocycles. The summed E-state index contributed by atoms with van der Waals surface area (Å²) < 4.78 is 52.9. The number of hydrogen-bond acceptors (Lipinski definition) is 14. The van der Waals surface area contributed by atoms with Gasteiger partial charge in [0.25, 0.3) is 0 Å². The summed E-state index contributed by atoms with van der Waals surface area (Å²) >= 11 is 0. The van der Waals surface area contributed by atoms with E-state index in [0.717, 1.165) is 39.0 Å². The third kappa shape index (κ3) is 11.1. The maximum atomic E-state index is 13.1. The first-order valence-electron chi connectivity index (χ1n) is 16.7. The molecule has 1 heterocycles. The van der Waals surface area contributed by atoms with Crippen LogP contribution < -0.4 is 0 Å². The van der Waals surface area contributed by atoms with Crippen LogP contribution in [0.1, 0.15) is 52.2 Å². The molecule has 14 nitrogen and oxygen atoms in total. The van der Waals surface area contributed by atoms with Crippen LogP contribution in [0.2, 0.25) is 0 Å². The van der Waals surface area contributed by atoms with Crippen LogP contribution in [0.25, 0.3) is 0 Å². The second-order valence-corrected chi connectivity index (χ2v) is 12.6. The Labute approximate surface area is 296 Å². The zero-order valence-electron chi connectivity index (χ0n) is 29.6. The van der Waals surface area contributed by atoms with Crippen molar-refractivity contribution in [1.82, 2.24) is 0 Å². The maximum absolute atomic E-state index is 13.1. The van der Waals surface area contributed by atoms with E-state index >= 15 is 0 Å². The van der Waals surface area contributed by atoms with Crippen molar-refractivity contribution in [3.05, 3.63) is 71.8 Å². The van der Waals surface area contributed by atoms with Crippen molar-refractivity contribution in [2.75, 3.05) is 13.7 Å². The minimum Gasteiger partial charge on any atom is -0.467 e. The Hall–Kier alpha value is -4.37. The van der Waals surface area contributed by atoms with E-state index in [1.165, 1.54) is 6.92 Å². The van der Waals surface area contributed by atoms with Gasteiger partial charge in [-0.05, 0) is 23.5 Å². The molecule has 0 N–H and O–H groups in total. The van der Waals surface area contributed by atoms with Gasteiger partial charge in [-0.15, -0.1) is 0 Å². The van der Waals surface area contributed by atoms with Crippen LogP contribution in [0.4, 0.5) is 0 Å². The average molecular weight is 715 g/mol. The van der Waals surface area contributed by atoms with Gasteiger partial charge in [-0.25, -0.2) is 4.79 Å². The van der Waals surface area contributed by atoms with E-state index < -0.39 is 84.8 Å². The summed E-state index contributed by atoms with van der Waals surface area (Å²) in [6, 6.07) is 19.0. The summed E-state index contributed by atoms with van der Waals surface area (Å²) in [6.45, 7) is 6.94. The second-order valence-electron chi connectivity index (χ2n) is 12.6. The van der Waals surface area contributed by atoms with E-state index in [1.54, 1.807) is 0 Å². The molecule has 1 aliphatic carbocycles. The normalized spacial score (nSPS) is 28.9. The van der Waals surface area contributed by atoms with Crippen LogP contribution >= 0.6 is 0 Å². The van der Waals surface area contributed by atoms with Crippen LogP contribution in [0.5, 0.6) is 0 Å². The van der Waals surface area contributed by atoms with Crippen LogP contribution in [-0.4, -0.2) is 92.6 Å². The fourth-order valence-corrected chi connectivity index (χ4v) is 6.43. The third-order valence-electron chi connectivity index (χ3n) is 8.54. The Morgan fingerprint density at radius 3 is 1.67 bits per heavy atom. The molecule has 51 heavy (non-hydrogen) atoms. The molecule has 2 aliphatic rings. The predicted molar refractivity (Wildman–Crippen MR) is 176 cm³/mol. The number of hydrogen-bond donors (Lipinski definition) is 0. The van der Waals surface area contributed by atoms with Gasteiger partial charge in [-0.2, -0.15) is 0 Å². The van der Waals surface area contributed by atoms with E-state index in [0.29, 0.717) is 6.42 Å². The molecule has 0 bridgehead atoms. The Kier molecular flexibility index (Phi) is 14.5. The quantitative estimate of drug-likeness (QED) is 0.206. The monoisotopic (exact) mass is 714 g/mol. The molecule has 0 spiro atoms. The predicted octanol–water partition coefficient (Wildman–Crippen LogP) is 3.45. The van der Waals surface area contributed by atoms with Crippen molar-refractivity contribution in [3.8, 4) is 0 Å². The Balaban J connectivity index is 1.78. The summed E-state index contributed by atoms with van der Waals surface area (Å²) in [4.78, 5) is 62.2. The third-order valence-corrected chi connectivity index (χ3v) is 8.54. The maximum Gasteiger partial charge on any atom is 0.339 e. The molecule has 14 heteroatoms. The molecule has 1 aliphatic heterocycles. The lowest BCUT2D eigenvalue weighted by molar-refractivity contribution is -0.330. The fourth-order valence-electron chi connectivity index (χ4n) is 6.43. The molecule has 2 fully saturated rings. The van der Waals surface area contributed by atoms with Gasteiger partial charge in [-0.1, -0.05) is 67.6 Å². The SMILES string of the molecule is COC(=O)[C@H]1O[C@@H](O[C@@H]2[C@@H](COC(C)=O)C[C@@H](C)[C@H](OCc3ccccc3)[C@H]2OCc2ccccc2)[C@H](OC(C)=O)[C@@H](OC(C)=O)[C@@H]1OC(C)=O. The van der Waals surface area contributed by atoms with Gasteiger partial charge in [0.2, 0.25) is 0 Å². The lowest BCUT2D eigenvalue weighted by Crippen LogP contribution is -2.65. The Morgan fingerprint density at radius 2 is 1.16 bits per heavy atom. The second kappa shape index (κ2) is 18.7. The van der Waals surface area contributed by atoms with E-state index in [2.05, 4.69) is 0 Å².